The average Bonchev–Trinajstić information content (AvgIpc) is 3.40. The van der Waals surface area contributed by atoms with Crippen LogP contribution in [-0.4, -0.2) is 82.3 Å². The molecule has 0 aromatic rings. The number of carbonyl (C=O) groups is 3. The van der Waals surface area contributed by atoms with Crippen molar-refractivity contribution >= 4 is 17.9 Å². The quantitative estimate of drug-likeness (QED) is 0.0195. The Kier molecular flexibility index (Phi) is 54.2. The highest BCUT2D eigenvalue weighted by Gasteiger charge is 2.22. The topological polar surface area (TPSA) is 111 Å². The van der Waals surface area contributed by atoms with Gasteiger partial charge in [-0.15, -0.1) is 0 Å². The first-order valence-electron chi connectivity index (χ1n) is 30.3. The molecule has 2 unspecified atom stereocenters. The summed E-state index contributed by atoms with van der Waals surface area (Å²) in [6, 6.07) is 0. The van der Waals surface area contributed by atoms with E-state index >= 15 is 0 Å². The van der Waals surface area contributed by atoms with Crippen LogP contribution in [0.2, 0.25) is 0 Å². The van der Waals surface area contributed by atoms with Crippen molar-refractivity contribution in [3.8, 4) is 0 Å². The fraction of sp³-hybridized carbons (Fsp3) is 0.632. The van der Waals surface area contributed by atoms with E-state index in [4.69, 9.17) is 18.9 Å². The van der Waals surface area contributed by atoms with Gasteiger partial charge in [-0.25, -0.2) is 0 Å². The highest BCUT2D eigenvalue weighted by molar-refractivity contribution is 5.70. The van der Waals surface area contributed by atoms with E-state index in [9.17, 15) is 19.5 Å². The van der Waals surface area contributed by atoms with Crippen molar-refractivity contribution in [2.45, 2.75) is 232 Å². The maximum atomic E-state index is 12.9. The summed E-state index contributed by atoms with van der Waals surface area (Å²) in [4.78, 5) is 37.3. The summed E-state index contributed by atoms with van der Waals surface area (Å²) in [7, 11) is 5.90. The van der Waals surface area contributed by atoms with Crippen molar-refractivity contribution in [1.82, 2.24) is 0 Å². The standard InChI is InChI=1S/C68H111NO8/c1-6-8-10-12-14-16-18-20-22-24-26-28-29-30-31-32-33-34-35-36-37-39-41-43-45-47-49-51-53-55-57-59-66(71)77-64(63-76-68(67(72)73)74-61-60-69(3,4)5)62-75-65(70)58-56-54-52-50-48-46-44-42-40-38-27-25-23-21-19-17-15-13-11-9-7-2/h8,10,14,16,19-22,25-28,30-31,33-34,36-37,41,43,47,49,64,68H,6-7,9,11-13,15,17-18,23-24,29,32,35,38-40,42,44-46,48,50-63H2,1-5H3/b10-8-,16-14-,21-19-,22-20-,27-25-,28-26-,31-30-,34-33-,37-36-,43-41-,49-47-. The van der Waals surface area contributed by atoms with E-state index in [1.807, 2.05) is 21.1 Å². The van der Waals surface area contributed by atoms with Crippen LogP contribution < -0.4 is 5.11 Å². The van der Waals surface area contributed by atoms with Crippen LogP contribution in [0.5, 0.6) is 0 Å². The average molecular weight is 1070 g/mol. The molecule has 0 heterocycles. The number of allylic oxidation sites excluding steroid dienone is 22. The first-order valence-corrected chi connectivity index (χ1v) is 30.3. The first kappa shape index (κ1) is 72.4. The van der Waals surface area contributed by atoms with E-state index in [1.165, 1.54) is 70.6 Å². The van der Waals surface area contributed by atoms with Gasteiger partial charge in [0.1, 0.15) is 13.2 Å². The normalized spacial score (nSPS) is 13.7. The molecule has 0 aliphatic carbocycles. The zero-order chi connectivity index (χ0) is 56.2. The van der Waals surface area contributed by atoms with Gasteiger partial charge in [0.05, 0.1) is 40.3 Å². The number of carbonyl (C=O) groups excluding carboxylic acids is 3. The predicted molar refractivity (Wildman–Crippen MR) is 324 cm³/mol. The van der Waals surface area contributed by atoms with Gasteiger partial charge in [0, 0.05) is 12.8 Å². The molecular formula is C68H111NO8. The molecule has 0 fully saturated rings. The molecule has 9 heteroatoms. The second kappa shape index (κ2) is 57.6. The van der Waals surface area contributed by atoms with Crippen LogP contribution in [0.3, 0.4) is 0 Å². The van der Waals surface area contributed by atoms with Crippen LogP contribution in [0.1, 0.15) is 219 Å². The SMILES string of the molecule is CC/C=C\C/C=C\C/C=C\C/C=C\C/C=C\C/C=C\C/C=C\C/C=C\C/C=C\CCCCCC(=O)OC(COC(=O)CCCCCCCCCCC/C=C\C/C=C\CCCCCCC)COC(OCC[N+](C)(C)C)C(=O)[O-]. The Morgan fingerprint density at radius 1 is 0.403 bits per heavy atom. The fourth-order valence-corrected chi connectivity index (χ4v) is 7.73. The molecule has 0 amide bonds. The Hall–Kier alpha value is -4.57. The fourth-order valence-electron chi connectivity index (χ4n) is 7.73. The van der Waals surface area contributed by atoms with Gasteiger partial charge in [-0.3, -0.25) is 9.59 Å². The summed E-state index contributed by atoms with van der Waals surface area (Å²) in [5.74, 6) is -2.35. The monoisotopic (exact) mass is 1070 g/mol. The van der Waals surface area contributed by atoms with E-state index in [-0.39, 0.29) is 38.6 Å². The lowest BCUT2D eigenvalue weighted by molar-refractivity contribution is -0.870. The zero-order valence-corrected chi connectivity index (χ0v) is 49.5. The minimum absolute atomic E-state index is 0.132. The second-order valence-electron chi connectivity index (χ2n) is 20.9. The molecule has 436 valence electrons. The number of hydrogen-bond acceptors (Lipinski definition) is 8. The van der Waals surface area contributed by atoms with Gasteiger partial charge in [-0.1, -0.05) is 225 Å². The Morgan fingerprint density at radius 2 is 0.740 bits per heavy atom. The van der Waals surface area contributed by atoms with E-state index in [1.54, 1.807) is 0 Å². The number of unbranched alkanes of at least 4 members (excludes halogenated alkanes) is 17. The van der Waals surface area contributed by atoms with Crippen LogP contribution >= 0.6 is 0 Å². The molecule has 0 saturated heterocycles. The minimum Gasteiger partial charge on any atom is -0.545 e. The summed E-state index contributed by atoms with van der Waals surface area (Å²) in [5.41, 5.74) is 0. The first-order chi connectivity index (χ1) is 37.6. The predicted octanol–water partition coefficient (Wildman–Crippen LogP) is 16.9. The lowest BCUT2D eigenvalue weighted by Crippen LogP contribution is -2.44. The molecule has 0 aliphatic heterocycles. The summed E-state index contributed by atoms with van der Waals surface area (Å²) in [6.45, 7) is 4.56. The molecule has 0 aliphatic rings. The van der Waals surface area contributed by atoms with Gasteiger partial charge in [-0.2, -0.15) is 0 Å². The number of quaternary nitrogens is 1. The third-order valence-electron chi connectivity index (χ3n) is 12.4. The summed E-state index contributed by atoms with van der Waals surface area (Å²) < 4.78 is 22.7. The van der Waals surface area contributed by atoms with Gasteiger partial charge in [0.15, 0.2) is 12.4 Å². The van der Waals surface area contributed by atoms with Crippen molar-refractivity contribution in [1.29, 1.82) is 0 Å². The molecule has 0 N–H and O–H groups in total. The smallest absolute Gasteiger partial charge is 0.306 e. The third-order valence-corrected chi connectivity index (χ3v) is 12.4. The maximum Gasteiger partial charge on any atom is 0.306 e. The van der Waals surface area contributed by atoms with E-state index < -0.39 is 24.3 Å². The highest BCUT2D eigenvalue weighted by atomic mass is 16.7. The van der Waals surface area contributed by atoms with Crippen LogP contribution in [0.25, 0.3) is 0 Å². The third kappa shape index (κ3) is 58.9. The Morgan fingerprint density at radius 3 is 1.12 bits per heavy atom. The zero-order valence-electron chi connectivity index (χ0n) is 49.5. The van der Waals surface area contributed by atoms with Gasteiger partial charge in [0.25, 0.3) is 0 Å². The number of nitrogens with zero attached hydrogens (tertiary/aromatic N) is 1. The van der Waals surface area contributed by atoms with E-state index in [2.05, 4.69) is 148 Å². The number of ether oxygens (including phenoxy) is 4. The number of carboxylic acids is 1. The molecule has 9 nitrogen and oxygen atoms in total. The van der Waals surface area contributed by atoms with Gasteiger partial charge < -0.3 is 33.3 Å². The number of hydrogen-bond donors (Lipinski definition) is 0. The Labute approximate surface area is 471 Å². The maximum absolute atomic E-state index is 12.9. The molecule has 77 heavy (non-hydrogen) atoms. The van der Waals surface area contributed by atoms with Gasteiger partial charge in [0.2, 0.25) is 0 Å². The molecule has 0 aromatic carbocycles. The van der Waals surface area contributed by atoms with Crippen molar-refractivity contribution in [3.05, 3.63) is 134 Å². The number of rotatable bonds is 54. The van der Waals surface area contributed by atoms with Crippen molar-refractivity contribution in [2.75, 3.05) is 47.5 Å². The number of carboxylic acid groups (broad SMARTS) is 1. The van der Waals surface area contributed by atoms with Crippen LogP contribution in [0.15, 0.2) is 134 Å². The van der Waals surface area contributed by atoms with E-state index in [0.717, 1.165) is 116 Å². The number of aliphatic carboxylic acids is 1. The minimum atomic E-state index is -1.64. The largest absolute Gasteiger partial charge is 0.545 e. The summed E-state index contributed by atoms with van der Waals surface area (Å²) in [5, 5.41) is 11.8. The van der Waals surface area contributed by atoms with Crippen molar-refractivity contribution < 1.29 is 42.9 Å². The van der Waals surface area contributed by atoms with Gasteiger partial charge >= 0.3 is 11.9 Å². The molecule has 0 rings (SSSR count). The molecule has 0 spiro atoms. The van der Waals surface area contributed by atoms with E-state index in [0.29, 0.717) is 17.4 Å². The number of esters is 2. The lowest BCUT2D eigenvalue weighted by atomic mass is 10.1. The van der Waals surface area contributed by atoms with Crippen molar-refractivity contribution in [3.63, 3.8) is 0 Å². The van der Waals surface area contributed by atoms with Crippen LogP contribution in [0.4, 0.5) is 0 Å². The number of likely N-dealkylation sites (N-methyl/N-ethyl adjacent to an activating group) is 1. The van der Waals surface area contributed by atoms with Crippen LogP contribution in [-0.2, 0) is 33.3 Å². The summed E-state index contributed by atoms with van der Waals surface area (Å²) in [6.07, 6.45) is 79.3. The molecular weight excluding hydrogens is 959 g/mol. The molecule has 0 bridgehead atoms. The molecule has 0 saturated carbocycles. The summed E-state index contributed by atoms with van der Waals surface area (Å²) >= 11 is 0. The van der Waals surface area contributed by atoms with Crippen LogP contribution in [0, 0.1) is 0 Å². The molecule has 2 atom stereocenters. The second-order valence-corrected chi connectivity index (χ2v) is 20.9. The lowest BCUT2D eigenvalue weighted by Gasteiger charge is -2.26. The molecule has 0 aromatic heterocycles. The Balaban J connectivity index is 4.36. The Bertz CT molecular complexity index is 1720. The highest BCUT2D eigenvalue weighted by Crippen LogP contribution is 2.14. The van der Waals surface area contributed by atoms with Gasteiger partial charge in [-0.05, 0) is 116 Å². The molecule has 0 radical (unpaired) electrons. The van der Waals surface area contributed by atoms with Crippen molar-refractivity contribution in [2.24, 2.45) is 0 Å².